The minimum Gasteiger partial charge on any atom is -0.508 e. The first-order valence-corrected chi connectivity index (χ1v) is 8.86. The quantitative estimate of drug-likeness (QED) is 0.779. The van der Waals surface area contributed by atoms with Crippen molar-refractivity contribution in [3.05, 3.63) is 23.3 Å². The van der Waals surface area contributed by atoms with Gasteiger partial charge in [-0.3, -0.25) is 0 Å². The molecule has 1 saturated carbocycles. The Morgan fingerprint density at radius 1 is 1.13 bits per heavy atom. The Labute approximate surface area is 138 Å². The molecular weight excluding hydrogens is 290 g/mol. The van der Waals surface area contributed by atoms with Crippen molar-refractivity contribution in [2.45, 2.75) is 69.9 Å². The van der Waals surface area contributed by atoms with Gasteiger partial charge in [0.1, 0.15) is 30.8 Å². The second-order valence-electron chi connectivity index (χ2n) is 8.23. The average Bonchev–Trinajstić information content (AvgIpc) is 2.52. The highest BCUT2D eigenvalue weighted by molar-refractivity contribution is 5.54. The molecule has 0 spiro atoms. The highest BCUT2D eigenvalue weighted by Crippen LogP contribution is 2.54. The van der Waals surface area contributed by atoms with Gasteiger partial charge in [-0.25, -0.2) is 0 Å². The van der Waals surface area contributed by atoms with Crippen LogP contribution in [0, 0.1) is 0 Å². The summed E-state index contributed by atoms with van der Waals surface area (Å²) in [6.45, 7) is 7.34. The highest BCUT2D eigenvalue weighted by Gasteiger charge is 2.37. The van der Waals surface area contributed by atoms with E-state index >= 15 is 0 Å². The van der Waals surface area contributed by atoms with E-state index in [-0.39, 0.29) is 5.54 Å². The van der Waals surface area contributed by atoms with Crippen LogP contribution in [-0.4, -0.2) is 35.0 Å². The Morgan fingerprint density at radius 2 is 1.74 bits per heavy atom. The van der Waals surface area contributed by atoms with E-state index in [9.17, 15) is 10.2 Å². The third-order valence-electron chi connectivity index (χ3n) is 5.20. The second kappa shape index (κ2) is 6.33. The second-order valence-corrected chi connectivity index (χ2v) is 8.23. The lowest BCUT2D eigenvalue weighted by Gasteiger charge is -2.39. The van der Waals surface area contributed by atoms with E-state index in [1.54, 1.807) is 6.07 Å². The van der Waals surface area contributed by atoms with Crippen LogP contribution in [0.5, 0.6) is 11.5 Å². The van der Waals surface area contributed by atoms with Crippen molar-refractivity contribution in [1.29, 1.82) is 0 Å². The number of ether oxygens (including phenoxy) is 1. The van der Waals surface area contributed by atoms with Crippen LogP contribution in [0.1, 0.15) is 69.4 Å². The fourth-order valence-electron chi connectivity index (χ4n) is 4.00. The minimum absolute atomic E-state index is 0.109. The first-order chi connectivity index (χ1) is 10.8. The molecule has 3 aliphatic carbocycles. The van der Waals surface area contributed by atoms with Gasteiger partial charge >= 0.3 is 0 Å². The molecule has 2 bridgehead atoms. The molecule has 4 rings (SSSR count). The Hall–Kier alpha value is -1.26. The van der Waals surface area contributed by atoms with Crippen LogP contribution in [0.15, 0.2) is 12.1 Å². The molecule has 0 aliphatic heterocycles. The SMILES string of the molecule is CC(C)(C)[NH2+]C[C@@H](O)COc1ccc(O)c2c1C1CCC2CC1. The zero-order valence-electron chi connectivity index (χ0n) is 14.5. The lowest BCUT2D eigenvalue weighted by Crippen LogP contribution is -2.96. The lowest BCUT2D eigenvalue weighted by molar-refractivity contribution is -0.722. The number of hydrogen-bond donors (Lipinski definition) is 3. The number of nitrogens with two attached hydrogens (primary N) is 1. The molecule has 1 aromatic carbocycles. The summed E-state index contributed by atoms with van der Waals surface area (Å²) < 4.78 is 5.96. The van der Waals surface area contributed by atoms with Gasteiger partial charge < -0.3 is 20.3 Å². The summed E-state index contributed by atoms with van der Waals surface area (Å²) in [5.74, 6) is 2.28. The van der Waals surface area contributed by atoms with Gasteiger partial charge in [0.2, 0.25) is 0 Å². The number of quaternary nitrogens is 1. The van der Waals surface area contributed by atoms with E-state index in [4.69, 9.17) is 4.74 Å². The number of rotatable bonds is 5. The summed E-state index contributed by atoms with van der Waals surface area (Å²) in [6.07, 6.45) is 4.25. The molecule has 1 aromatic rings. The smallest absolute Gasteiger partial charge is 0.137 e. The molecule has 0 saturated heterocycles. The third kappa shape index (κ3) is 3.64. The standard InChI is InChI=1S/C19H29NO3/c1-19(2,3)20-10-14(21)11-23-16-9-8-15(22)17-12-4-6-13(7-5-12)18(16)17/h8-9,12-14,20-22H,4-7,10-11H2,1-3H3/p+1/t12?,13?,14-/m1/s1. The molecule has 0 amide bonds. The molecule has 1 fully saturated rings. The summed E-state index contributed by atoms with van der Waals surface area (Å²) in [7, 11) is 0. The van der Waals surface area contributed by atoms with Crippen molar-refractivity contribution >= 4 is 0 Å². The fourth-order valence-corrected chi connectivity index (χ4v) is 4.00. The van der Waals surface area contributed by atoms with Crippen LogP contribution in [0.3, 0.4) is 0 Å². The maximum atomic E-state index is 10.2. The van der Waals surface area contributed by atoms with Crippen LogP contribution in [0.25, 0.3) is 0 Å². The topological polar surface area (TPSA) is 66.3 Å². The van der Waals surface area contributed by atoms with Gasteiger partial charge in [0.05, 0.1) is 5.54 Å². The predicted octanol–water partition coefficient (Wildman–Crippen LogP) is 2.25. The van der Waals surface area contributed by atoms with E-state index in [1.807, 2.05) is 6.07 Å². The Balaban J connectivity index is 1.69. The number of fused-ring (bicyclic) bond motifs is 2. The predicted molar refractivity (Wildman–Crippen MR) is 90.1 cm³/mol. The lowest BCUT2D eigenvalue weighted by atomic mass is 9.66. The monoisotopic (exact) mass is 320 g/mol. The zero-order valence-corrected chi connectivity index (χ0v) is 14.5. The van der Waals surface area contributed by atoms with Crippen LogP contribution in [0.2, 0.25) is 0 Å². The van der Waals surface area contributed by atoms with Gasteiger partial charge in [0.25, 0.3) is 0 Å². The van der Waals surface area contributed by atoms with Gasteiger partial charge in [-0.1, -0.05) is 0 Å². The summed E-state index contributed by atoms with van der Waals surface area (Å²) in [5.41, 5.74) is 2.43. The van der Waals surface area contributed by atoms with E-state index in [0.717, 1.165) is 11.3 Å². The maximum Gasteiger partial charge on any atom is 0.137 e. The van der Waals surface area contributed by atoms with Gasteiger partial charge in [-0.05, 0) is 70.4 Å². The molecule has 0 aromatic heterocycles. The maximum absolute atomic E-state index is 10.2. The van der Waals surface area contributed by atoms with Crippen molar-refractivity contribution < 1.29 is 20.3 Å². The third-order valence-corrected chi connectivity index (χ3v) is 5.20. The van der Waals surface area contributed by atoms with E-state index in [1.165, 1.54) is 31.2 Å². The van der Waals surface area contributed by atoms with Crippen molar-refractivity contribution in [3.63, 3.8) is 0 Å². The molecule has 0 heterocycles. The molecule has 128 valence electrons. The number of aliphatic hydroxyl groups is 1. The molecule has 4 nitrogen and oxygen atoms in total. The van der Waals surface area contributed by atoms with Gasteiger partial charge in [-0.2, -0.15) is 0 Å². The number of aliphatic hydroxyl groups excluding tert-OH is 1. The first-order valence-electron chi connectivity index (χ1n) is 8.86. The Bertz CT molecular complexity index is 556. The molecule has 3 aliphatic rings. The van der Waals surface area contributed by atoms with E-state index < -0.39 is 6.10 Å². The van der Waals surface area contributed by atoms with Crippen molar-refractivity contribution in [1.82, 2.24) is 0 Å². The molecular formula is C19H30NO3+. The van der Waals surface area contributed by atoms with Crippen molar-refractivity contribution in [2.24, 2.45) is 0 Å². The highest BCUT2D eigenvalue weighted by atomic mass is 16.5. The van der Waals surface area contributed by atoms with Gasteiger partial charge in [0.15, 0.2) is 0 Å². The van der Waals surface area contributed by atoms with E-state index in [2.05, 4.69) is 26.1 Å². The summed E-state index contributed by atoms with van der Waals surface area (Å²) >= 11 is 0. The van der Waals surface area contributed by atoms with Gasteiger partial charge in [0, 0.05) is 11.1 Å². The van der Waals surface area contributed by atoms with Crippen LogP contribution in [-0.2, 0) is 0 Å². The summed E-state index contributed by atoms with van der Waals surface area (Å²) in [6, 6.07) is 3.62. The Morgan fingerprint density at radius 3 is 2.35 bits per heavy atom. The summed E-state index contributed by atoms with van der Waals surface area (Å²) in [4.78, 5) is 0. The molecule has 1 atom stereocenters. The van der Waals surface area contributed by atoms with Crippen LogP contribution >= 0.6 is 0 Å². The minimum atomic E-state index is -0.487. The molecule has 0 radical (unpaired) electrons. The number of phenolic OH excluding ortho intramolecular Hbond substituents is 1. The van der Waals surface area contributed by atoms with Crippen LogP contribution < -0.4 is 10.1 Å². The molecule has 23 heavy (non-hydrogen) atoms. The number of benzene rings is 1. The normalized spacial score (nSPS) is 24.3. The van der Waals surface area contributed by atoms with Crippen LogP contribution in [0.4, 0.5) is 0 Å². The molecule has 4 N–H and O–H groups in total. The Kier molecular flexibility index (Phi) is 4.56. The molecule has 0 unspecified atom stereocenters. The summed E-state index contributed by atoms with van der Waals surface area (Å²) in [5, 5.41) is 22.5. The largest absolute Gasteiger partial charge is 0.508 e. The number of hydrogen-bond acceptors (Lipinski definition) is 3. The number of aromatic hydroxyl groups is 1. The first kappa shape index (κ1) is 16.6. The van der Waals surface area contributed by atoms with Gasteiger partial charge in [-0.15, -0.1) is 0 Å². The average molecular weight is 320 g/mol. The number of phenols is 1. The fraction of sp³-hybridized carbons (Fsp3) is 0.684. The van der Waals surface area contributed by atoms with E-state index in [0.29, 0.717) is 30.7 Å². The molecule has 4 heteroatoms. The van der Waals surface area contributed by atoms with Crippen molar-refractivity contribution in [3.8, 4) is 11.5 Å². The van der Waals surface area contributed by atoms with Crippen molar-refractivity contribution in [2.75, 3.05) is 13.2 Å². The zero-order chi connectivity index (χ0) is 16.6.